The third kappa shape index (κ3) is 10.7. The highest BCUT2D eigenvalue weighted by Gasteiger charge is 2.32. The number of thiocarbonyl (C=S) groups is 1. The molecule has 1 saturated carbocycles. The molecule has 2 N–H and O–H groups in total. The van der Waals surface area contributed by atoms with Crippen molar-refractivity contribution >= 4 is 41.0 Å². The summed E-state index contributed by atoms with van der Waals surface area (Å²) in [6, 6.07) is 4.61. The van der Waals surface area contributed by atoms with Gasteiger partial charge >= 0.3 is 18.1 Å². The number of hydrogen-bond acceptors (Lipinski definition) is 6. The van der Waals surface area contributed by atoms with Crippen LogP contribution in [0.2, 0.25) is 0 Å². The standard InChI is InChI=1S/C32H37F6N3O4S/c1-4-44-28(42)18-29(43)45-14-13-19(9-10-23-24(33)11-12-25(34)30(23)35)20-15-21(32(36,37)38)17-22(16-20)39-31(46)40-26-7-5-6-8-27(26)41(2)3/h9-12,15-17,19,26-27H,4-8,13-14,18H2,1-3H3,(H2,39,40,46)/b10-9+/t19?,26-,27-/m1/s1. The van der Waals surface area contributed by atoms with Crippen LogP contribution in [0.15, 0.2) is 36.4 Å². The third-order valence-corrected chi connectivity index (χ3v) is 7.76. The van der Waals surface area contributed by atoms with Crippen molar-refractivity contribution in [3.63, 3.8) is 0 Å². The second kappa shape index (κ2) is 16.8. The zero-order chi connectivity index (χ0) is 34.0. The van der Waals surface area contributed by atoms with E-state index < -0.39 is 59.0 Å². The molecule has 0 aliphatic heterocycles. The van der Waals surface area contributed by atoms with Crippen molar-refractivity contribution in [2.24, 2.45) is 0 Å². The molecule has 14 heteroatoms. The van der Waals surface area contributed by atoms with Crippen LogP contribution in [0.25, 0.3) is 6.08 Å². The zero-order valence-corrected chi connectivity index (χ0v) is 26.5. The van der Waals surface area contributed by atoms with Crippen LogP contribution in [0, 0.1) is 17.5 Å². The number of carbonyl (C=O) groups is 2. The minimum Gasteiger partial charge on any atom is -0.466 e. The normalized spacial score (nSPS) is 17.5. The molecule has 7 nitrogen and oxygen atoms in total. The molecule has 0 heterocycles. The summed E-state index contributed by atoms with van der Waals surface area (Å²) in [7, 11) is 3.90. The van der Waals surface area contributed by atoms with E-state index in [1.165, 1.54) is 12.1 Å². The van der Waals surface area contributed by atoms with E-state index >= 15 is 0 Å². The minimum atomic E-state index is -4.78. The molecule has 3 rings (SSSR count). The molecule has 0 saturated heterocycles. The average molecular weight is 674 g/mol. The topological polar surface area (TPSA) is 79.9 Å². The van der Waals surface area contributed by atoms with Crippen LogP contribution in [0.4, 0.5) is 32.0 Å². The molecular formula is C32H37F6N3O4S. The first-order chi connectivity index (χ1) is 21.7. The number of allylic oxidation sites excluding steroid dienone is 1. The Kier molecular flexibility index (Phi) is 13.4. The van der Waals surface area contributed by atoms with Gasteiger partial charge in [0.1, 0.15) is 12.2 Å². The SMILES string of the molecule is CCOC(=O)CC(=O)OCCC(/C=C/c1c(F)ccc(F)c1F)c1cc(NC(=S)N[C@@H]2CCCC[C@H]2N(C)C)cc(C(F)(F)F)c1. The van der Waals surface area contributed by atoms with Crippen LogP contribution < -0.4 is 10.6 Å². The van der Waals surface area contributed by atoms with Crippen LogP contribution in [-0.4, -0.2) is 61.3 Å². The Hall–Kier alpha value is -3.65. The first-order valence-corrected chi connectivity index (χ1v) is 15.2. The number of alkyl halides is 3. The van der Waals surface area contributed by atoms with Gasteiger partial charge in [0.2, 0.25) is 0 Å². The van der Waals surface area contributed by atoms with Crippen molar-refractivity contribution in [3.05, 3.63) is 70.5 Å². The Labute approximate surface area is 269 Å². The summed E-state index contributed by atoms with van der Waals surface area (Å²) >= 11 is 5.46. The molecule has 1 fully saturated rings. The smallest absolute Gasteiger partial charge is 0.416 e. The highest BCUT2D eigenvalue weighted by molar-refractivity contribution is 7.80. The number of esters is 2. The quantitative estimate of drug-likeness (QED) is 0.0823. The van der Waals surface area contributed by atoms with Crippen molar-refractivity contribution in [2.75, 3.05) is 32.6 Å². The lowest BCUT2D eigenvalue weighted by molar-refractivity contribution is -0.154. The monoisotopic (exact) mass is 673 g/mol. The summed E-state index contributed by atoms with van der Waals surface area (Å²) in [6.45, 7) is 1.24. The maximum absolute atomic E-state index is 14.4. The minimum absolute atomic E-state index is 0.000333. The molecule has 0 spiro atoms. The molecule has 0 aromatic heterocycles. The average Bonchev–Trinajstić information content (AvgIpc) is 2.97. The first-order valence-electron chi connectivity index (χ1n) is 14.8. The maximum atomic E-state index is 14.4. The number of likely N-dealkylation sites (N-methyl/N-ethyl adjacent to an activating group) is 1. The molecule has 0 amide bonds. The van der Waals surface area contributed by atoms with E-state index in [4.69, 9.17) is 21.7 Å². The Balaban J connectivity index is 1.93. The summed E-state index contributed by atoms with van der Waals surface area (Å²) < 4.78 is 94.5. The largest absolute Gasteiger partial charge is 0.466 e. The molecular weight excluding hydrogens is 636 g/mol. The van der Waals surface area contributed by atoms with E-state index in [0.29, 0.717) is 6.07 Å². The first kappa shape index (κ1) is 36.8. The zero-order valence-electron chi connectivity index (χ0n) is 25.7. The second-order valence-corrected chi connectivity index (χ2v) is 11.5. The molecule has 2 aromatic carbocycles. The Morgan fingerprint density at radius 2 is 1.72 bits per heavy atom. The predicted octanol–water partition coefficient (Wildman–Crippen LogP) is 6.97. The van der Waals surface area contributed by atoms with Crippen molar-refractivity contribution < 1.29 is 45.4 Å². The van der Waals surface area contributed by atoms with Crippen molar-refractivity contribution in [1.29, 1.82) is 0 Å². The summed E-state index contributed by atoms with van der Waals surface area (Å²) in [5.41, 5.74) is -1.72. The predicted molar refractivity (Wildman–Crippen MR) is 165 cm³/mol. The Bertz CT molecular complexity index is 1420. The van der Waals surface area contributed by atoms with Gasteiger partial charge in [-0.1, -0.05) is 25.0 Å². The molecule has 252 valence electrons. The fraction of sp³-hybridized carbons (Fsp3) is 0.469. The maximum Gasteiger partial charge on any atom is 0.416 e. The molecule has 0 bridgehead atoms. The van der Waals surface area contributed by atoms with Gasteiger partial charge in [-0.15, -0.1) is 0 Å². The number of nitrogens with zero attached hydrogens (tertiary/aromatic N) is 1. The van der Waals surface area contributed by atoms with Gasteiger partial charge in [-0.05, 0) is 88.4 Å². The number of ether oxygens (including phenoxy) is 2. The number of benzene rings is 2. The van der Waals surface area contributed by atoms with E-state index in [9.17, 15) is 35.9 Å². The van der Waals surface area contributed by atoms with E-state index in [1.54, 1.807) is 6.92 Å². The molecule has 1 aliphatic carbocycles. The van der Waals surface area contributed by atoms with Gasteiger partial charge in [0.25, 0.3) is 0 Å². The summed E-state index contributed by atoms with van der Waals surface area (Å²) in [5.74, 6) is -6.63. The van der Waals surface area contributed by atoms with Gasteiger partial charge in [-0.2, -0.15) is 13.2 Å². The number of hydrogen-bond donors (Lipinski definition) is 2. The van der Waals surface area contributed by atoms with Crippen molar-refractivity contribution in [3.8, 4) is 0 Å². The van der Waals surface area contributed by atoms with Gasteiger partial charge < -0.3 is 25.0 Å². The lowest BCUT2D eigenvalue weighted by Crippen LogP contribution is -2.52. The van der Waals surface area contributed by atoms with E-state index in [0.717, 1.165) is 50.0 Å². The van der Waals surface area contributed by atoms with Crippen molar-refractivity contribution in [2.45, 2.75) is 69.6 Å². The van der Waals surface area contributed by atoms with E-state index in [-0.39, 0.29) is 48.1 Å². The summed E-state index contributed by atoms with van der Waals surface area (Å²) in [6.07, 6.45) is 0.299. The van der Waals surface area contributed by atoms with Gasteiger partial charge in [-0.3, -0.25) is 9.59 Å². The molecule has 0 radical (unpaired) electrons. The van der Waals surface area contributed by atoms with E-state index in [1.807, 2.05) is 14.1 Å². The number of nitrogens with one attached hydrogen (secondary N) is 2. The number of carbonyl (C=O) groups excluding carboxylic acids is 2. The summed E-state index contributed by atoms with van der Waals surface area (Å²) in [5, 5.41) is 6.16. The number of rotatable bonds is 12. The molecule has 3 atom stereocenters. The Morgan fingerprint density at radius 3 is 2.39 bits per heavy atom. The molecule has 2 aromatic rings. The third-order valence-electron chi connectivity index (χ3n) is 7.54. The van der Waals surface area contributed by atoms with Crippen LogP contribution in [0.1, 0.15) is 68.1 Å². The van der Waals surface area contributed by atoms with Crippen molar-refractivity contribution in [1.82, 2.24) is 10.2 Å². The van der Waals surface area contributed by atoms with Gasteiger partial charge in [0.15, 0.2) is 16.7 Å². The van der Waals surface area contributed by atoms with Gasteiger partial charge in [0.05, 0.1) is 18.8 Å². The van der Waals surface area contributed by atoms with Crippen LogP contribution in [0.3, 0.4) is 0 Å². The fourth-order valence-corrected chi connectivity index (χ4v) is 5.57. The number of halogens is 6. The highest BCUT2D eigenvalue weighted by Crippen LogP contribution is 2.35. The molecule has 46 heavy (non-hydrogen) atoms. The van der Waals surface area contributed by atoms with Gasteiger partial charge in [0, 0.05) is 29.3 Å². The summed E-state index contributed by atoms with van der Waals surface area (Å²) in [4.78, 5) is 25.7. The molecule has 1 aliphatic rings. The van der Waals surface area contributed by atoms with Crippen LogP contribution >= 0.6 is 12.2 Å². The van der Waals surface area contributed by atoms with Gasteiger partial charge in [-0.25, -0.2) is 13.2 Å². The second-order valence-electron chi connectivity index (χ2n) is 11.1. The lowest BCUT2D eigenvalue weighted by atomic mass is 9.89. The highest BCUT2D eigenvalue weighted by atomic mass is 32.1. The van der Waals surface area contributed by atoms with E-state index in [2.05, 4.69) is 15.5 Å². The fourth-order valence-electron chi connectivity index (χ4n) is 5.30. The number of anilines is 1. The van der Waals surface area contributed by atoms with Crippen LogP contribution in [-0.2, 0) is 25.2 Å². The lowest BCUT2D eigenvalue weighted by Gasteiger charge is -2.37. The molecule has 1 unspecified atom stereocenters. The van der Waals surface area contributed by atoms with Crippen LogP contribution in [0.5, 0.6) is 0 Å². The Morgan fingerprint density at radius 1 is 1.04 bits per heavy atom.